The second-order valence-corrected chi connectivity index (χ2v) is 7.13. The number of imidazole rings is 1. The zero-order valence-electron chi connectivity index (χ0n) is 16.1. The van der Waals surface area contributed by atoms with Crippen molar-refractivity contribution in [1.29, 1.82) is 0 Å². The predicted octanol–water partition coefficient (Wildman–Crippen LogP) is 3.42. The molecule has 1 amide bonds. The Morgan fingerprint density at radius 1 is 1.21 bits per heavy atom. The van der Waals surface area contributed by atoms with E-state index in [-0.39, 0.29) is 5.91 Å². The third kappa shape index (κ3) is 3.65. The van der Waals surface area contributed by atoms with Gasteiger partial charge in [-0.2, -0.15) is 0 Å². The number of rotatable bonds is 7. The van der Waals surface area contributed by atoms with E-state index in [0.29, 0.717) is 36.1 Å². The minimum absolute atomic E-state index is 0.0883. The summed E-state index contributed by atoms with van der Waals surface area (Å²) in [5.41, 5.74) is 2.72. The molecule has 1 fully saturated rings. The number of benzene rings is 1. The number of aromatic nitrogens is 3. The third-order valence-corrected chi connectivity index (χ3v) is 5.35. The second-order valence-electron chi connectivity index (χ2n) is 7.13. The lowest BCUT2D eigenvalue weighted by Gasteiger charge is -2.32. The minimum atomic E-state index is -0.0883. The van der Waals surface area contributed by atoms with Gasteiger partial charge in [0.05, 0.1) is 26.1 Å². The van der Waals surface area contributed by atoms with Crippen LogP contribution in [0.25, 0.3) is 11.2 Å². The van der Waals surface area contributed by atoms with Crippen LogP contribution >= 0.6 is 0 Å². The Bertz CT molecular complexity index is 981. The fraction of sp³-hybridized carbons (Fsp3) is 0.381. The summed E-state index contributed by atoms with van der Waals surface area (Å²) < 4.78 is 10.8. The van der Waals surface area contributed by atoms with Gasteiger partial charge in [0.1, 0.15) is 17.2 Å². The molecule has 146 valence electrons. The Morgan fingerprint density at radius 3 is 2.79 bits per heavy atom. The number of aromatic amines is 1. The first kappa shape index (κ1) is 18.3. The Kier molecular flexibility index (Phi) is 5.14. The van der Waals surface area contributed by atoms with E-state index in [2.05, 4.69) is 15.0 Å². The maximum Gasteiger partial charge on any atom is 0.272 e. The number of H-pyrrole nitrogens is 1. The molecular formula is C21H24N4O3. The van der Waals surface area contributed by atoms with Crippen LogP contribution in [0.4, 0.5) is 0 Å². The van der Waals surface area contributed by atoms with Gasteiger partial charge >= 0.3 is 0 Å². The van der Waals surface area contributed by atoms with Crippen LogP contribution in [0.2, 0.25) is 0 Å². The number of nitrogens with zero attached hydrogens (tertiary/aromatic N) is 3. The van der Waals surface area contributed by atoms with E-state index in [1.807, 2.05) is 29.2 Å². The number of methoxy groups -OCH3 is 2. The van der Waals surface area contributed by atoms with Crippen molar-refractivity contribution in [2.45, 2.75) is 25.8 Å². The summed E-state index contributed by atoms with van der Waals surface area (Å²) in [6, 6.07) is 9.27. The number of carbonyl (C=O) groups is 1. The molecule has 0 aliphatic heterocycles. The number of amides is 1. The van der Waals surface area contributed by atoms with E-state index < -0.39 is 0 Å². The van der Waals surface area contributed by atoms with Gasteiger partial charge in [-0.3, -0.25) is 4.79 Å². The molecule has 1 N–H and O–H groups in total. The normalized spacial score (nSPS) is 13.9. The van der Waals surface area contributed by atoms with Crippen molar-refractivity contribution in [2.75, 3.05) is 20.8 Å². The maximum absolute atomic E-state index is 13.3. The summed E-state index contributed by atoms with van der Waals surface area (Å²) in [5.74, 6) is 1.89. The summed E-state index contributed by atoms with van der Waals surface area (Å²) in [6.07, 6.45) is 5.14. The molecule has 1 aliphatic carbocycles. The summed E-state index contributed by atoms with van der Waals surface area (Å²) in [6.45, 7) is 1.18. The molecule has 1 aromatic carbocycles. The number of hydrogen-bond acceptors (Lipinski definition) is 5. The smallest absolute Gasteiger partial charge is 0.272 e. The fourth-order valence-corrected chi connectivity index (χ4v) is 3.50. The molecule has 0 bridgehead atoms. The highest BCUT2D eigenvalue weighted by Gasteiger charge is 2.26. The van der Waals surface area contributed by atoms with E-state index in [1.54, 1.807) is 26.6 Å². The van der Waals surface area contributed by atoms with Crippen molar-refractivity contribution in [1.82, 2.24) is 19.9 Å². The van der Waals surface area contributed by atoms with Crippen LogP contribution in [0.3, 0.4) is 0 Å². The van der Waals surface area contributed by atoms with E-state index in [1.165, 1.54) is 6.42 Å². The number of pyridine rings is 1. The Balaban J connectivity index is 1.62. The fourth-order valence-electron chi connectivity index (χ4n) is 3.50. The molecule has 0 unspecified atom stereocenters. The van der Waals surface area contributed by atoms with Gasteiger partial charge in [0.2, 0.25) is 0 Å². The first-order valence-electron chi connectivity index (χ1n) is 9.48. The molecular weight excluding hydrogens is 356 g/mol. The molecule has 7 heteroatoms. The van der Waals surface area contributed by atoms with Gasteiger partial charge in [-0.1, -0.05) is 6.42 Å². The van der Waals surface area contributed by atoms with Crippen molar-refractivity contribution in [3.63, 3.8) is 0 Å². The third-order valence-electron chi connectivity index (χ3n) is 5.35. The van der Waals surface area contributed by atoms with E-state index >= 15 is 0 Å². The average Bonchev–Trinajstić information content (AvgIpc) is 3.17. The molecule has 2 aromatic heterocycles. The summed E-state index contributed by atoms with van der Waals surface area (Å²) in [4.78, 5) is 26.7. The van der Waals surface area contributed by atoms with Crippen molar-refractivity contribution in [3.8, 4) is 11.5 Å². The van der Waals surface area contributed by atoms with Crippen LogP contribution in [0.5, 0.6) is 11.5 Å². The van der Waals surface area contributed by atoms with Gasteiger partial charge < -0.3 is 19.4 Å². The van der Waals surface area contributed by atoms with Crippen LogP contribution in [0, 0.1) is 5.92 Å². The lowest BCUT2D eigenvalue weighted by molar-refractivity contribution is 0.0672. The number of ether oxygens (including phenoxy) is 2. The van der Waals surface area contributed by atoms with Gasteiger partial charge in [-0.25, -0.2) is 9.97 Å². The summed E-state index contributed by atoms with van der Waals surface area (Å²) in [5, 5.41) is 0. The zero-order valence-corrected chi connectivity index (χ0v) is 16.1. The Hall–Kier alpha value is -3.09. The number of fused-ring (bicyclic) bond motifs is 1. The lowest BCUT2D eigenvalue weighted by atomic mass is 9.85. The van der Waals surface area contributed by atoms with Crippen molar-refractivity contribution in [3.05, 3.63) is 47.9 Å². The van der Waals surface area contributed by atoms with Crippen molar-refractivity contribution in [2.24, 2.45) is 5.92 Å². The molecule has 0 radical (unpaired) electrons. The molecule has 1 aliphatic rings. The highest BCUT2D eigenvalue weighted by Crippen LogP contribution is 2.30. The minimum Gasteiger partial charge on any atom is -0.497 e. The lowest BCUT2D eigenvalue weighted by Crippen LogP contribution is -2.37. The monoisotopic (exact) mass is 380 g/mol. The summed E-state index contributed by atoms with van der Waals surface area (Å²) >= 11 is 0. The van der Waals surface area contributed by atoms with Gasteiger partial charge in [0, 0.05) is 24.7 Å². The van der Waals surface area contributed by atoms with E-state index in [4.69, 9.17) is 9.47 Å². The maximum atomic E-state index is 13.3. The standard InChI is InChI=1S/C21H24N4O3/c1-27-16-7-6-15(19(10-16)28-2)12-25(11-14-4-3-5-14)21(26)18-9-8-17-20(24-18)23-13-22-17/h6-10,13-14H,3-5,11-12H2,1-2H3,(H,22,23,24). The molecule has 28 heavy (non-hydrogen) atoms. The number of carbonyl (C=O) groups excluding carboxylic acids is 1. The molecule has 4 rings (SSSR count). The van der Waals surface area contributed by atoms with E-state index in [9.17, 15) is 4.79 Å². The van der Waals surface area contributed by atoms with Crippen LogP contribution in [0.1, 0.15) is 35.3 Å². The van der Waals surface area contributed by atoms with Gasteiger partial charge in [0.15, 0.2) is 5.65 Å². The molecule has 2 heterocycles. The first-order chi connectivity index (χ1) is 13.7. The van der Waals surface area contributed by atoms with Gasteiger partial charge in [0.25, 0.3) is 5.91 Å². The predicted molar refractivity (Wildman–Crippen MR) is 106 cm³/mol. The molecule has 0 spiro atoms. The zero-order chi connectivity index (χ0) is 19.5. The van der Waals surface area contributed by atoms with E-state index in [0.717, 1.165) is 29.7 Å². The molecule has 7 nitrogen and oxygen atoms in total. The molecule has 3 aromatic rings. The Labute approximate surface area is 163 Å². The largest absolute Gasteiger partial charge is 0.497 e. The number of hydrogen-bond donors (Lipinski definition) is 1. The van der Waals surface area contributed by atoms with Crippen LogP contribution in [0.15, 0.2) is 36.7 Å². The Morgan fingerprint density at radius 2 is 2.07 bits per heavy atom. The van der Waals surface area contributed by atoms with Crippen LogP contribution in [-0.2, 0) is 6.54 Å². The quantitative estimate of drug-likeness (QED) is 0.679. The number of nitrogens with one attached hydrogen (secondary N) is 1. The summed E-state index contributed by atoms with van der Waals surface area (Å²) in [7, 11) is 3.25. The van der Waals surface area contributed by atoms with Crippen LogP contribution in [-0.4, -0.2) is 46.5 Å². The van der Waals surface area contributed by atoms with Crippen molar-refractivity contribution < 1.29 is 14.3 Å². The highest BCUT2D eigenvalue weighted by molar-refractivity contribution is 5.94. The first-order valence-corrected chi connectivity index (χ1v) is 9.48. The average molecular weight is 380 g/mol. The highest BCUT2D eigenvalue weighted by atomic mass is 16.5. The molecule has 0 atom stereocenters. The molecule has 0 saturated heterocycles. The van der Waals surface area contributed by atoms with Crippen molar-refractivity contribution >= 4 is 17.1 Å². The van der Waals surface area contributed by atoms with Gasteiger partial charge in [-0.15, -0.1) is 0 Å². The van der Waals surface area contributed by atoms with Gasteiger partial charge in [-0.05, 0) is 43.0 Å². The van der Waals surface area contributed by atoms with Crippen LogP contribution < -0.4 is 9.47 Å². The topological polar surface area (TPSA) is 80.3 Å². The second kappa shape index (κ2) is 7.88. The molecule has 1 saturated carbocycles. The SMILES string of the molecule is COc1ccc(CN(CC2CCC2)C(=O)c2ccc3[nH]cnc3n2)c(OC)c1.